The van der Waals surface area contributed by atoms with Gasteiger partial charge in [0.25, 0.3) is 0 Å². The Morgan fingerprint density at radius 3 is 1.79 bits per heavy atom. The van der Waals surface area contributed by atoms with Crippen LogP contribution in [0.5, 0.6) is 0 Å². The quantitative estimate of drug-likeness (QED) is 0.416. The number of esters is 4. The Morgan fingerprint density at radius 1 is 0.857 bits per heavy atom. The third-order valence-corrected chi connectivity index (χ3v) is 3.93. The Balaban J connectivity index is 3.44. The number of amides is 1. The normalized spacial score (nSPS) is 29.2. The molecule has 11 nitrogen and oxygen atoms in total. The zero-order chi connectivity index (χ0) is 21.6. The molecule has 0 aromatic heterocycles. The molecule has 0 radical (unpaired) electrons. The smallest absolute Gasteiger partial charge is 0.303 e. The lowest BCUT2D eigenvalue weighted by Crippen LogP contribution is -2.70. The average molecular weight is 403 g/mol. The summed E-state index contributed by atoms with van der Waals surface area (Å²) in [5, 5.41) is 13.6. The summed E-state index contributed by atoms with van der Waals surface area (Å²) in [4.78, 5) is 57.6. The summed E-state index contributed by atoms with van der Waals surface area (Å²) in [5.41, 5.74) is -2.03. The van der Waals surface area contributed by atoms with E-state index in [2.05, 4.69) is 5.32 Å². The van der Waals surface area contributed by atoms with Gasteiger partial charge in [-0.2, -0.15) is 0 Å². The van der Waals surface area contributed by atoms with Crippen LogP contribution in [0, 0.1) is 0 Å². The Bertz CT molecular complexity index is 648. The van der Waals surface area contributed by atoms with Crippen LogP contribution in [-0.2, 0) is 42.9 Å². The minimum atomic E-state index is -2.03. The van der Waals surface area contributed by atoms with E-state index in [4.69, 9.17) is 18.9 Å². The van der Waals surface area contributed by atoms with E-state index in [0.29, 0.717) is 0 Å². The van der Waals surface area contributed by atoms with Gasteiger partial charge >= 0.3 is 23.9 Å². The predicted molar refractivity (Wildman–Crippen MR) is 90.5 cm³/mol. The molecular formula is C17H25NO10. The van der Waals surface area contributed by atoms with Crippen molar-refractivity contribution in [2.45, 2.75) is 71.0 Å². The van der Waals surface area contributed by atoms with Crippen LogP contribution in [-0.4, -0.2) is 71.5 Å². The van der Waals surface area contributed by atoms with Crippen molar-refractivity contribution in [1.29, 1.82) is 0 Å². The largest absolute Gasteiger partial charge is 0.463 e. The summed E-state index contributed by atoms with van der Waals surface area (Å²) in [6.45, 7) is 4.95. The van der Waals surface area contributed by atoms with Crippen LogP contribution in [0.25, 0.3) is 0 Å². The molecule has 1 fully saturated rings. The lowest BCUT2D eigenvalue weighted by Gasteiger charge is -2.48. The van der Waals surface area contributed by atoms with E-state index in [-0.39, 0.29) is 6.42 Å². The van der Waals surface area contributed by atoms with Crippen molar-refractivity contribution >= 4 is 29.8 Å². The molecule has 5 atom stereocenters. The number of nitrogens with one attached hydrogen (secondary N) is 1. The molecule has 1 rings (SSSR count). The lowest BCUT2D eigenvalue weighted by atomic mass is 9.75. The van der Waals surface area contributed by atoms with Crippen LogP contribution in [0.4, 0.5) is 0 Å². The van der Waals surface area contributed by atoms with Gasteiger partial charge < -0.3 is 29.4 Å². The molecule has 0 spiro atoms. The van der Waals surface area contributed by atoms with E-state index in [1.54, 1.807) is 0 Å². The molecule has 0 saturated heterocycles. The van der Waals surface area contributed by atoms with Gasteiger partial charge in [0.15, 0.2) is 18.3 Å². The first-order valence-electron chi connectivity index (χ1n) is 8.50. The van der Waals surface area contributed by atoms with Gasteiger partial charge in [-0.3, -0.25) is 24.0 Å². The minimum absolute atomic E-state index is 0.312. The van der Waals surface area contributed by atoms with Gasteiger partial charge in [0.05, 0.1) is 6.04 Å². The minimum Gasteiger partial charge on any atom is -0.463 e. The van der Waals surface area contributed by atoms with Crippen molar-refractivity contribution < 1.29 is 48.0 Å². The molecule has 1 saturated carbocycles. The highest BCUT2D eigenvalue weighted by Gasteiger charge is 2.58. The van der Waals surface area contributed by atoms with Gasteiger partial charge in [0.2, 0.25) is 5.91 Å². The third-order valence-electron chi connectivity index (χ3n) is 3.93. The van der Waals surface area contributed by atoms with Crippen molar-refractivity contribution in [2.75, 3.05) is 6.61 Å². The fourth-order valence-corrected chi connectivity index (χ4v) is 3.10. The highest BCUT2D eigenvalue weighted by Crippen LogP contribution is 2.36. The molecule has 1 aliphatic carbocycles. The summed E-state index contributed by atoms with van der Waals surface area (Å²) in [7, 11) is 0. The number of aliphatic hydroxyl groups is 1. The van der Waals surface area contributed by atoms with Crippen LogP contribution < -0.4 is 5.32 Å². The molecule has 0 aromatic carbocycles. The second-order valence-corrected chi connectivity index (χ2v) is 6.57. The van der Waals surface area contributed by atoms with Gasteiger partial charge in [-0.05, 0) is 0 Å². The highest BCUT2D eigenvalue weighted by atomic mass is 16.6. The van der Waals surface area contributed by atoms with Crippen LogP contribution in [0.1, 0.15) is 41.0 Å². The van der Waals surface area contributed by atoms with Gasteiger partial charge in [0.1, 0.15) is 12.2 Å². The number of carbonyl (C=O) groups is 5. The summed E-state index contributed by atoms with van der Waals surface area (Å²) in [6.07, 6.45) is -4.56. The average Bonchev–Trinajstić information content (AvgIpc) is 2.51. The molecule has 158 valence electrons. The van der Waals surface area contributed by atoms with Crippen molar-refractivity contribution in [2.24, 2.45) is 0 Å². The highest BCUT2D eigenvalue weighted by molar-refractivity contribution is 5.74. The third kappa shape index (κ3) is 6.48. The second-order valence-electron chi connectivity index (χ2n) is 6.57. The maximum Gasteiger partial charge on any atom is 0.303 e. The zero-order valence-electron chi connectivity index (χ0n) is 16.3. The molecule has 0 unspecified atom stereocenters. The van der Waals surface area contributed by atoms with Crippen molar-refractivity contribution in [3.8, 4) is 0 Å². The van der Waals surface area contributed by atoms with E-state index >= 15 is 0 Å². The molecule has 2 N–H and O–H groups in total. The van der Waals surface area contributed by atoms with E-state index in [0.717, 1.165) is 27.7 Å². The second kappa shape index (κ2) is 9.49. The topological polar surface area (TPSA) is 155 Å². The van der Waals surface area contributed by atoms with Crippen LogP contribution in [0.2, 0.25) is 0 Å². The monoisotopic (exact) mass is 403 g/mol. The van der Waals surface area contributed by atoms with E-state index in [1.165, 1.54) is 6.92 Å². The number of hydrogen-bond acceptors (Lipinski definition) is 10. The molecule has 28 heavy (non-hydrogen) atoms. The summed E-state index contributed by atoms with van der Waals surface area (Å²) in [5.74, 6) is -3.59. The molecular weight excluding hydrogens is 378 g/mol. The fraction of sp³-hybridized carbons (Fsp3) is 0.706. The number of rotatable bonds is 6. The Morgan fingerprint density at radius 2 is 1.36 bits per heavy atom. The predicted octanol–water partition coefficient (Wildman–Crippen LogP) is -1.02. The first-order chi connectivity index (χ1) is 12.9. The number of ether oxygens (including phenoxy) is 4. The first-order valence-corrected chi connectivity index (χ1v) is 8.50. The Labute approximate surface area is 161 Å². The molecule has 0 aliphatic heterocycles. The van der Waals surface area contributed by atoms with Crippen LogP contribution >= 0.6 is 0 Å². The van der Waals surface area contributed by atoms with Gasteiger partial charge in [-0.1, -0.05) is 0 Å². The maximum absolute atomic E-state index is 11.6. The van der Waals surface area contributed by atoms with Gasteiger partial charge in [-0.25, -0.2) is 0 Å². The fourth-order valence-electron chi connectivity index (χ4n) is 3.10. The Hall–Kier alpha value is -2.69. The van der Waals surface area contributed by atoms with Gasteiger partial charge in [0, 0.05) is 41.0 Å². The molecule has 0 aromatic rings. The molecule has 11 heteroatoms. The molecule has 0 heterocycles. The maximum atomic E-state index is 11.6. The molecule has 0 bridgehead atoms. The summed E-state index contributed by atoms with van der Waals surface area (Å²) >= 11 is 0. The molecule has 1 aliphatic rings. The van der Waals surface area contributed by atoms with E-state index in [9.17, 15) is 29.1 Å². The van der Waals surface area contributed by atoms with Crippen molar-refractivity contribution in [3.05, 3.63) is 0 Å². The Kier molecular flexibility index (Phi) is 7.91. The van der Waals surface area contributed by atoms with Gasteiger partial charge in [-0.15, -0.1) is 0 Å². The van der Waals surface area contributed by atoms with Crippen molar-refractivity contribution in [1.82, 2.24) is 5.32 Å². The van der Waals surface area contributed by atoms with E-state index < -0.39 is 66.3 Å². The zero-order valence-corrected chi connectivity index (χ0v) is 16.3. The van der Waals surface area contributed by atoms with Crippen LogP contribution in [0.3, 0.4) is 0 Å². The van der Waals surface area contributed by atoms with Crippen LogP contribution in [0.15, 0.2) is 0 Å². The number of carbonyl (C=O) groups excluding carboxylic acids is 5. The summed E-state index contributed by atoms with van der Waals surface area (Å²) in [6, 6.07) is -1.02. The molecule has 1 amide bonds. The van der Waals surface area contributed by atoms with E-state index in [1.807, 2.05) is 0 Å². The standard InChI is InChI=1S/C17H25NO10/c1-8(19)18-13-6-17(24,7-25-9(2)20)16(28-12(5)23)15(27-11(4)22)14(13)26-10(3)21/h13-16,24H,6-7H2,1-5H3,(H,18,19)/t13-,14+,15-,16+,17+/m1/s1. The van der Waals surface area contributed by atoms with Crippen molar-refractivity contribution in [3.63, 3.8) is 0 Å². The SMILES string of the molecule is CC(=O)N[C@@H]1C[C@](O)(COC(C)=O)[C@@H](OC(C)=O)[C@H](OC(C)=O)[C@H]1OC(C)=O. The number of hydrogen-bond donors (Lipinski definition) is 2. The summed E-state index contributed by atoms with van der Waals surface area (Å²) < 4.78 is 20.4. The lowest BCUT2D eigenvalue weighted by molar-refractivity contribution is -0.238. The first kappa shape index (κ1) is 23.3.